The molecular weight excluding hydrogens is 160 g/mol. The van der Waals surface area contributed by atoms with Gasteiger partial charge in [0.2, 0.25) is 0 Å². The van der Waals surface area contributed by atoms with Crippen molar-refractivity contribution < 1.29 is 0 Å². The van der Waals surface area contributed by atoms with E-state index in [0.29, 0.717) is 0 Å². The predicted octanol–water partition coefficient (Wildman–Crippen LogP) is 2.92. The van der Waals surface area contributed by atoms with E-state index in [1.807, 2.05) is 18.9 Å². The average Bonchev–Trinajstić information content (AvgIpc) is 2.03. The van der Waals surface area contributed by atoms with E-state index < -0.39 is 0 Å². The second kappa shape index (κ2) is 4.32. The topological polar surface area (TPSA) is 27.0 Å². The molecule has 0 fully saturated rings. The first-order valence-corrected chi connectivity index (χ1v) is 4.68. The Bertz CT molecular complexity index is 238. The van der Waals surface area contributed by atoms with Crippen molar-refractivity contribution in [3.8, 4) is 6.07 Å². The Morgan fingerprint density at radius 1 is 1.38 bits per heavy atom. The highest BCUT2D eigenvalue weighted by atomic mass is 15.2. The van der Waals surface area contributed by atoms with Gasteiger partial charge in [-0.25, -0.2) is 0 Å². The van der Waals surface area contributed by atoms with E-state index in [1.54, 1.807) is 0 Å². The molecule has 0 unspecified atom stereocenters. The van der Waals surface area contributed by atoms with Crippen LogP contribution in [-0.2, 0) is 0 Å². The summed E-state index contributed by atoms with van der Waals surface area (Å²) in [4.78, 5) is 2.03. The van der Waals surface area contributed by atoms with Crippen LogP contribution in [0.2, 0.25) is 0 Å². The van der Waals surface area contributed by atoms with Gasteiger partial charge in [0.15, 0.2) is 0 Å². The molecule has 0 atom stereocenters. The van der Waals surface area contributed by atoms with E-state index in [9.17, 15) is 0 Å². The maximum absolute atomic E-state index is 9.01. The van der Waals surface area contributed by atoms with Crippen LogP contribution in [0, 0.1) is 11.3 Å². The zero-order valence-electron chi connectivity index (χ0n) is 9.60. The van der Waals surface area contributed by atoms with Gasteiger partial charge < -0.3 is 4.90 Å². The number of nitriles is 1. The summed E-state index contributed by atoms with van der Waals surface area (Å²) < 4.78 is 0. The van der Waals surface area contributed by atoms with Crippen molar-refractivity contribution in [1.82, 2.24) is 4.90 Å². The van der Waals surface area contributed by atoms with Gasteiger partial charge in [-0.1, -0.05) is 6.92 Å². The van der Waals surface area contributed by atoms with E-state index in [1.165, 1.54) is 0 Å². The molecule has 0 aliphatic rings. The molecule has 2 nitrogen and oxygen atoms in total. The Labute approximate surface area is 81.9 Å². The molecule has 0 rings (SSSR count). The molecule has 0 aliphatic carbocycles. The lowest BCUT2D eigenvalue weighted by molar-refractivity contribution is 0.234. The Balaban J connectivity index is 4.94. The molecular formula is C11H20N2. The average molecular weight is 180 g/mol. The van der Waals surface area contributed by atoms with Crippen LogP contribution in [0.25, 0.3) is 0 Å². The fourth-order valence-electron chi connectivity index (χ4n) is 0.960. The minimum absolute atomic E-state index is 0.0154. The van der Waals surface area contributed by atoms with Crippen LogP contribution >= 0.6 is 0 Å². The molecule has 74 valence electrons. The van der Waals surface area contributed by atoms with Crippen LogP contribution in [0.3, 0.4) is 0 Å². The monoisotopic (exact) mass is 180 g/mol. The van der Waals surface area contributed by atoms with Crippen LogP contribution in [-0.4, -0.2) is 17.5 Å². The summed E-state index contributed by atoms with van der Waals surface area (Å²) in [6, 6.07) is 2.26. The lowest BCUT2D eigenvalue weighted by atomic mass is 10.0. The molecule has 0 aromatic heterocycles. The molecule has 2 heteroatoms. The molecule has 0 saturated heterocycles. The third-order valence-corrected chi connectivity index (χ3v) is 2.38. The molecule has 0 bridgehead atoms. The van der Waals surface area contributed by atoms with E-state index in [2.05, 4.69) is 33.8 Å². The summed E-state index contributed by atoms with van der Waals surface area (Å²) in [5, 5.41) is 9.01. The highest BCUT2D eigenvalue weighted by molar-refractivity contribution is 5.26. The van der Waals surface area contributed by atoms with Crippen molar-refractivity contribution in [2.45, 2.75) is 46.6 Å². The van der Waals surface area contributed by atoms with E-state index >= 15 is 0 Å². The molecule has 0 saturated carbocycles. The zero-order valence-corrected chi connectivity index (χ0v) is 9.60. The highest BCUT2D eigenvalue weighted by Crippen LogP contribution is 2.20. The Morgan fingerprint density at radius 2 is 1.85 bits per heavy atom. The van der Waals surface area contributed by atoms with Crippen LogP contribution in [0.4, 0.5) is 0 Å². The van der Waals surface area contributed by atoms with Crippen LogP contribution < -0.4 is 0 Å². The van der Waals surface area contributed by atoms with Crippen molar-refractivity contribution >= 4 is 0 Å². The molecule has 0 amide bonds. The van der Waals surface area contributed by atoms with Crippen LogP contribution in [0.15, 0.2) is 11.3 Å². The van der Waals surface area contributed by atoms with Gasteiger partial charge in [0.05, 0.1) is 0 Å². The summed E-state index contributed by atoms with van der Waals surface area (Å²) in [6.07, 6.45) is 0.934. The first-order valence-electron chi connectivity index (χ1n) is 4.68. The Hall–Kier alpha value is -0.970. The van der Waals surface area contributed by atoms with Gasteiger partial charge in [-0.05, 0) is 39.7 Å². The smallest absolute Gasteiger partial charge is 0.117 e. The lowest BCUT2D eigenvalue weighted by Gasteiger charge is -2.34. The van der Waals surface area contributed by atoms with Gasteiger partial charge in [-0.2, -0.15) is 5.26 Å². The molecule has 0 N–H and O–H groups in total. The summed E-state index contributed by atoms with van der Waals surface area (Å²) >= 11 is 0. The van der Waals surface area contributed by atoms with Gasteiger partial charge in [-0.3, -0.25) is 0 Å². The largest absolute Gasteiger partial charge is 0.361 e. The van der Waals surface area contributed by atoms with Gasteiger partial charge in [0.1, 0.15) is 11.8 Å². The number of allylic oxidation sites excluding steroid dienone is 2. The summed E-state index contributed by atoms with van der Waals surface area (Å²) in [7, 11) is 1.97. The maximum Gasteiger partial charge on any atom is 0.117 e. The van der Waals surface area contributed by atoms with Crippen molar-refractivity contribution in [3.05, 3.63) is 11.3 Å². The third-order valence-electron chi connectivity index (χ3n) is 2.38. The van der Waals surface area contributed by atoms with Crippen molar-refractivity contribution in [1.29, 1.82) is 5.26 Å². The third kappa shape index (κ3) is 3.10. The molecule has 13 heavy (non-hydrogen) atoms. The van der Waals surface area contributed by atoms with Crippen LogP contribution in [0.1, 0.15) is 41.0 Å². The number of hydrogen-bond donors (Lipinski definition) is 0. The van der Waals surface area contributed by atoms with E-state index in [4.69, 9.17) is 5.26 Å². The fraction of sp³-hybridized carbons (Fsp3) is 0.727. The van der Waals surface area contributed by atoms with Crippen molar-refractivity contribution in [2.75, 3.05) is 7.05 Å². The summed E-state index contributed by atoms with van der Waals surface area (Å²) in [6.45, 7) is 10.4. The summed E-state index contributed by atoms with van der Waals surface area (Å²) in [5.74, 6) is 0. The molecule has 0 heterocycles. The molecule has 0 aromatic carbocycles. The van der Waals surface area contributed by atoms with Crippen molar-refractivity contribution in [3.63, 3.8) is 0 Å². The SMILES string of the molecule is CC/C(C)=C(\C#N)N(C)C(C)(C)C. The second-order valence-electron chi connectivity index (χ2n) is 4.32. The molecule has 0 aliphatic heterocycles. The van der Waals surface area contributed by atoms with Gasteiger partial charge in [0.25, 0.3) is 0 Å². The Morgan fingerprint density at radius 3 is 2.08 bits per heavy atom. The number of hydrogen-bond acceptors (Lipinski definition) is 2. The standard InChI is InChI=1S/C11H20N2/c1-7-9(2)10(8-12)13(6)11(3,4)5/h7H2,1-6H3/b10-9+. The van der Waals surface area contributed by atoms with E-state index in [0.717, 1.165) is 17.7 Å². The second-order valence-corrected chi connectivity index (χ2v) is 4.32. The fourth-order valence-corrected chi connectivity index (χ4v) is 0.960. The van der Waals surface area contributed by atoms with Gasteiger partial charge in [0, 0.05) is 12.6 Å². The Kier molecular flexibility index (Phi) is 4.00. The lowest BCUT2D eigenvalue weighted by Crippen LogP contribution is -2.37. The number of nitrogens with zero attached hydrogens (tertiary/aromatic N) is 2. The van der Waals surface area contributed by atoms with Gasteiger partial charge in [-0.15, -0.1) is 0 Å². The highest BCUT2D eigenvalue weighted by Gasteiger charge is 2.20. The van der Waals surface area contributed by atoms with E-state index in [-0.39, 0.29) is 5.54 Å². The number of rotatable bonds is 2. The minimum atomic E-state index is 0.0154. The van der Waals surface area contributed by atoms with Gasteiger partial charge >= 0.3 is 0 Å². The van der Waals surface area contributed by atoms with Crippen molar-refractivity contribution in [2.24, 2.45) is 0 Å². The maximum atomic E-state index is 9.01. The first-order chi connectivity index (χ1) is 5.84. The zero-order chi connectivity index (χ0) is 10.6. The summed E-state index contributed by atoms with van der Waals surface area (Å²) in [5.41, 5.74) is 1.97. The quantitative estimate of drug-likeness (QED) is 0.611. The van der Waals surface area contributed by atoms with Crippen LogP contribution in [0.5, 0.6) is 0 Å². The molecule has 0 radical (unpaired) electrons. The molecule has 0 spiro atoms. The first kappa shape index (κ1) is 12.0. The predicted molar refractivity (Wildman–Crippen MR) is 56.1 cm³/mol. The normalized spacial score (nSPS) is 13.3. The minimum Gasteiger partial charge on any atom is -0.361 e. The molecule has 0 aromatic rings.